The Morgan fingerprint density at radius 1 is 1.16 bits per heavy atom. The number of rotatable bonds is 7. The molecule has 3 aromatic rings. The number of fused-ring (bicyclic) bond motifs is 1. The smallest absolute Gasteiger partial charge is 0.410 e. The molecule has 0 radical (unpaired) electrons. The van der Waals surface area contributed by atoms with Crippen molar-refractivity contribution >= 4 is 34.6 Å². The molecule has 14 nitrogen and oxygen atoms in total. The fraction of sp³-hybridized carbons (Fsp3) is 0.639. The quantitative estimate of drug-likeness (QED) is 0.232. The lowest BCUT2D eigenvalue weighted by atomic mass is 9.66. The normalized spacial score (nSPS) is 25.2. The minimum atomic E-state index is -0.659. The highest BCUT2D eigenvalue weighted by molar-refractivity contribution is 7.16. The Bertz CT molecular complexity index is 1840. The van der Waals surface area contributed by atoms with Gasteiger partial charge in [-0.05, 0) is 85.2 Å². The maximum Gasteiger partial charge on any atom is 0.410 e. The lowest BCUT2D eigenvalue weighted by molar-refractivity contribution is -0.0119. The van der Waals surface area contributed by atoms with Gasteiger partial charge in [0.2, 0.25) is 11.7 Å². The Morgan fingerprint density at radius 2 is 1.92 bits per heavy atom. The lowest BCUT2D eigenvalue weighted by Crippen LogP contribution is -2.50. The van der Waals surface area contributed by atoms with Crippen LogP contribution < -0.4 is 9.64 Å². The molecule has 0 unspecified atom stereocenters. The Balaban J connectivity index is 1.17. The first-order valence-electron chi connectivity index (χ1n) is 17.8. The zero-order valence-corrected chi connectivity index (χ0v) is 31.5. The molecular formula is C36H48N10O4S. The summed E-state index contributed by atoms with van der Waals surface area (Å²) in [7, 11) is 5.99. The molecule has 4 aliphatic rings. The zero-order valence-electron chi connectivity index (χ0n) is 30.7. The summed E-state index contributed by atoms with van der Waals surface area (Å²) in [6.45, 7) is 12.0. The zero-order chi connectivity index (χ0) is 36.1. The monoisotopic (exact) mass is 716 g/mol. The van der Waals surface area contributed by atoms with Crippen LogP contribution in [0, 0.1) is 16.7 Å². The maximum absolute atomic E-state index is 12.8. The van der Waals surface area contributed by atoms with Crippen LogP contribution in [0.4, 0.5) is 15.6 Å². The number of aromatic nitrogens is 4. The third kappa shape index (κ3) is 7.13. The Labute approximate surface area is 303 Å². The van der Waals surface area contributed by atoms with Crippen LogP contribution in [0.5, 0.6) is 6.01 Å². The molecule has 51 heavy (non-hydrogen) atoms. The highest BCUT2D eigenvalue weighted by atomic mass is 32.1. The number of aryl methyl sites for hydroxylation is 1. The fourth-order valence-electron chi connectivity index (χ4n) is 7.90. The second kappa shape index (κ2) is 13.4. The van der Waals surface area contributed by atoms with Crippen molar-refractivity contribution in [1.82, 2.24) is 34.8 Å². The summed E-state index contributed by atoms with van der Waals surface area (Å²) in [5.74, 6) is 1.45. The van der Waals surface area contributed by atoms with E-state index in [1.54, 1.807) is 22.6 Å². The third-order valence-electron chi connectivity index (χ3n) is 10.4. The number of anilines is 1. The largest absolute Gasteiger partial charge is 0.460 e. The van der Waals surface area contributed by atoms with Gasteiger partial charge in [-0.1, -0.05) is 5.16 Å². The molecule has 2 aliphatic carbocycles. The van der Waals surface area contributed by atoms with Crippen molar-refractivity contribution in [2.45, 2.75) is 83.3 Å². The van der Waals surface area contributed by atoms with Crippen LogP contribution in [0.2, 0.25) is 0 Å². The van der Waals surface area contributed by atoms with Crippen LogP contribution in [0.25, 0.3) is 11.5 Å². The number of amides is 1. The first-order valence-corrected chi connectivity index (χ1v) is 18.6. The summed E-state index contributed by atoms with van der Waals surface area (Å²) in [5, 5.41) is 15.4. The van der Waals surface area contributed by atoms with E-state index in [1.807, 2.05) is 45.8 Å². The predicted octanol–water partition coefficient (Wildman–Crippen LogP) is 5.24. The SMILES string of the molecule is CN(C)/C=N/c1sc2c(c1C#N)[C@@](C)(c1nc(-c3cc(N4CCN(C(=O)OC(C)(C)C)CC4)nc(OC4CC5(CCN(C)C5)C4)n3)no1)CCC2. The van der Waals surface area contributed by atoms with E-state index in [2.05, 4.69) is 40.0 Å². The second-order valence-corrected chi connectivity index (χ2v) is 17.1. The minimum absolute atomic E-state index is 0.0383. The van der Waals surface area contributed by atoms with Gasteiger partial charge in [-0.25, -0.2) is 9.79 Å². The molecule has 0 bridgehead atoms. The lowest BCUT2D eigenvalue weighted by Gasteiger charge is -2.44. The number of carbonyl (C=O) groups is 1. The van der Waals surface area contributed by atoms with Crippen molar-refractivity contribution < 1.29 is 18.8 Å². The molecule has 2 aliphatic heterocycles. The number of piperazine rings is 1. The molecule has 15 heteroatoms. The van der Waals surface area contributed by atoms with Crippen LogP contribution in [0.1, 0.15) is 81.7 Å². The summed E-state index contributed by atoms with van der Waals surface area (Å²) < 4.78 is 18.1. The van der Waals surface area contributed by atoms with Gasteiger partial charge in [-0.15, -0.1) is 11.3 Å². The van der Waals surface area contributed by atoms with Crippen molar-refractivity contribution in [1.29, 1.82) is 5.26 Å². The van der Waals surface area contributed by atoms with Crippen LogP contribution in [-0.2, 0) is 16.6 Å². The van der Waals surface area contributed by atoms with E-state index in [-0.39, 0.29) is 18.2 Å². The summed E-state index contributed by atoms with van der Waals surface area (Å²) in [5.41, 5.74) is 1.08. The number of nitriles is 1. The van der Waals surface area contributed by atoms with Crippen molar-refractivity contribution in [3.63, 3.8) is 0 Å². The maximum atomic E-state index is 12.8. The van der Waals surface area contributed by atoms with Crippen LogP contribution in [0.3, 0.4) is 0 Å². The van der Waals surface area contributed by atoms with Gasteiger partial charge in [0.05, 0.1) is 17.3 Å². The van der Waals surface area contributed by atoms with Crippen LogP contribution in [0.15, 0.2) is 15.6 Å². The molecule has 1 saturated carbocycles. The van der Waals surface area contributed by atoms with Crippen molar-refractivity contribution in [3.05, 3.63) is 28.0 Å². The molecular weight excluding hydrogens is 669 g/mol. The fourth-order valence-corrected chi connectivity index (χ4v) is 9.16. The van der Waals surface area contributed by atoms with Gasteiger partial charge in [0.25, 0.3) is 0 Å². The van der Waals surface area contributed by atoms with E-state index in [1.165, 1.54) is 6.42 Å². The molecule has 1 amide bonds. The van der Waals surface area contributed by atoms with Crippen LogP contribution in [-0.4, -0.2) is 119 Å². The van der Waals surface area contributed by atoms with Gasteiger partial charge >= 0.3 is 12.1 Å². The van der Waals surface area contributed by atoms with Crippen molar-refractivity contribution in [3.8, 4) is 23.6 Å². The molecule has 0 aromatic carbocycles. The first-order chi connectivity index (χ1) is 24.2. The van der Waals surface area contributed by atoms with E-state index in [0.717, 1.165) is 55.6 Å². The molecule has 2 saturated heterocycles. The van der Waals surface area contributed by atoms with Gasteiger partial charge in [0.15, 0.2) is 0 Å². The Kier molecular flexibility index (Phi) is 9.20. The summed E-state index contributed by atoms with van der Waals surface area (Å²) >= 11 is 1.56. The van der Waals surface area contributed by atoms with E-state index in [4.69, 9.17) is 28.9 Å². The minimum Gasteiger partial charge on any atom is -0.460 e. The number of carbonyl (C=O) groups excluding carboxylic acids is 1. The van der Waals surface area contributed by atoms with E-state index in [9.17, 15) is 10.1 Å². The molecule has 7 rings (SSSR count). The number of ether oxygens (including phenoxy) is 2. The van der Waals surface area contributed by atoms with Crippen LogP contribution >= 0.6 is 11.3 Å². The highest BCUT2D eigenvalue weighted by Gasteiger charge is 2.49. The average molecular weight is 717 g/mol. The molecule has 272 valence electrons. The summed E-state index contributed by atoms with van der Waals surface area (Å²) in [6, 6.07) is 4.58. The summed E-state index contributed by atoms with van der Waals surface area (Å²) in [6.07, 6.45) is 7.14. The number of nitrogens with zero attached hydrogens (tertiary/aromatic N) is 10. The average Bonchev–Trinajstić information content (AvgIpc) is 3.81. The number of thiophene rings is 1. The van der Waals surface area contributed by atoms with E-state index in [0.29, 0.717) is 65.4 Å². The van der Waals surface area contributed by atoms with Gasteiger partial charge in [-0.3, -0.25) is 0 Å². The molecule has 0 N–H and O–H groups in total. The van der Waals surface area contributed by atoms with Gasteiger partial charge in [-0.2, -0.15) is 20.2 Å². The third-order valence-corrected chi connectivity index (χ3v) is 11.6. The molecule has 3 aromatic heterocycles. The second-order valence-electron chi connectivity index (χ2n) is 16.0. The highest BCUT2D eigenvalue weighted by Crippen LogP contribution is 2.51. The molecule has 3 fully saturated rings. The van der Waals surface area contributed by atoms with E-state index >= 15 is 0 Å². The topological polar surface area (TPSA) is 149 Å². The Morgan fingerprint density at radius 3 is 2.59 bits per heavy atom. The van der Waals surface area contributed by atoms with Gasteiger partial charge in [0, 0.05) is 63.3 Å². The number of hydrogen-bond acceptors (Lipinski definition) is 13. The van der Waals surface area contributed by atoms with Crippen molar-refractivity contribution in [2.75, 3.05) is 65.3 Å². The van der Waals surface area contributed by atoms with Crippen molar-refractivity contribution in [2.24, 2.45) is 10.4 Å². The predicted molar refractivity (Wildman–Crippen MR) is 194 cm³/mol. The van der Waals surface area contributed by atoms with E-state index < -0.39 is 11.0 Å². The Hall–Kier alpha value is -4.29. The number of likely N-dealkylation sites (tertiary alicyclic amines) is 1. The first kappa shape index (κ1) is 35.1. The molecule has 5 heterocycles. The van der Waals surface area contributed by atoms with Gasteiger partial charge in [0.1, 0.15) is 34.3 Å². The molecule has 1 spiro atoms. The number of aliphatic imine (C=N–C) groups is 1. The van der Waals surface area contributed by atoms with Gasteiger partial charge < -0.3 is 33.6 Å². The molecule has 1 atom stereocenters. The number of hydrogen-bond donors (Lipinski definition) is 0. The summed E-state index contributed by atoms with van der Waals surface area (Å²) in [4.78, 5) is 41.2. The standard InChI is InChI=1S/C36H48N10O4S/c1-34(2,3)49-33(47)46-15-13-45(14-16-46)27-17-25(39-32(40-27)48-23-18-36(19-23)11-12-44(7)21-36)29-41-31(50-42-29)35(4)10-8-9-26-28(35)24(20-37)30(51-26)38-22-43(5)6/h17,22-23H,8-16,18-19,21H2,1-7H3/b38-22+/t23?,35-,36?/m0/s1.